The highest BCUT2D eigenvalue weighted by Gasteiger charge is 2.39. The van der Waals surface area contributed by atoms with Crippen molar-refractivity contribution in [2.24, 2.45) is 0 Å². The third-order valence-electron chi connectivity index (χ3n) is 6.49. The van der Waals surface area contributed by atoms with E-state index < -0.39 is 0 Å². The summed E-state index contributed by atoms with van der Waals surface area (Å²) in [6.07, 6.45) is 6.83. The molecule has 0 aromatic carbocycles. The first-order valence-corrected chi connectivity index (χ1v) is 11.0. The molecule has 10 heteroatoms. The van der Waals surface area contributed by atoms with Crippen molar-refractivity contribution in [2.45, 2.75) is 57.8 Å². The number of ether oxygens (including phenoxy) is 1. The molecule has 1 saturated heterocycles. The highest BCUT2D eigenvalue weighted by atomic mass is 16.5. The topological polar surface area (TPSA) is 118 Å². The average molecular weight is 435 g/mol. The summed E-state index contributed by atoms with van der Waals surface area (Å²) in [5.74, 6) is 1.96. The van der Waals surface area contributed by atoms with Crippen molar-refractivity contribution in [1.82, 2.24) is 24.8 Å². The Morgan fingerprint density at radius 3 is 2.84 bits per heavy atom. The maximum atomic E-state index is 13.5. The second kappa shape index (κ2) is 7.13. The average Bonchev–Trinajstić information content (AvgIpc) is 3.31. The van der Waals surface area contributed by atoms with Gasteiger partial charge in [-0.3, -0.25) is 4.79 Å². The van der Waals surface area contributed by atoms with E-state index in [1.54, 1.807) is 4.90 Å². The molecule has 2 fully saturated rings. The van der Waals surface area contributed by atoms with E-state index in [9.17, 15) is 4.79 Å². The summed E-state index contributed by atoms with van der Waals surface area (Å²) in [7, 11) is 0. The minimum Gasteiger partial charge on any atom is -0.445 e. The number of nitrogens with zero attached hydrogens (tertiary/aromatic N) is 5. The van der Waals surface area contributed by atoms with Crippen LogP contribution in [0.3, 0.4) is 0 Å². The fraction of sp³-hybridized carbons (Fsp3) is 0.500. The Balaban J connectivity index is 1.29. The molecule has 0 radical (unpaired) electrons. The summed E-state index contributed by atoms with van der Waals surface area (Å²) < 4.78 is 11.1. The summed E-state index contributed by atoms with van der Waals surface area (Å²) in [5.41, 5.74) is 2.82. The molecule has 3 aromatic rings. The van der Waals surface area contributed by atoms with Crippen molar-refractivity contribution in [3.05, 3.63) is 35.2 Å². The first kappa shape index (κ1) is 19.4. The number of hydrogen-bond acceptors (Lipinski definition) is 9. The lowest BCUT2D eigenvalue weighted by Crippen LogP contribution is -2.38. The predicted octanol–water partition coefficient (Wildman–Crippen LogP) is 2.64. The summed E-state index contributed by atoms with van der Waals surface area (Å²) in [6, 6.07) is 0. The van der Waals surface area contributed by atoms with Crippen molar-refractivity contribution in [1.29, 1.82) is 0 Å². The Morgan fingerprint density at radius 1 is 1.25 bits per heavy atom. The summed E-state index contributed by atoms with van der Waals surface area (Å²) >= 11 is 0. The minimum absolute atomic E-state index is 0.00802. The first-order chi connectivity index (χ1) is 15.5. The molecule has 5 heterocycles. The van der Waals surface area contributed by atoms with Gasteiger partial charge in [0.25, 0.3) is 5.91 Å². The van der Waals surface area contributed by atoms with Gasteiger partial charge in [0.1, 0.15) is 36.3 Å². The number of fused-ring (bicyclic) bond motifs is 2. The van der Waals surface area contributed by atoms with Crippen LogP contribution in [0.15, 0.2) is 17.0 Å². The molecule has 1 saturated carbocycles. The largest absolute Gasteiger partial charge is 0.445 e. The molecule has 166 valence electrons. The smallest absolute Gasteiger partial charge is 0.258 e. The first-order valence-electron chi connectivity index (χ1n) is 11.0. The number of anilines is 2. The third-order valence-corrected chi connectivity index (χ3v) is 6.49. The van der Waals surface area contributed by atoms with Gasteiger partial charge < -0.3 is 24.7 Å². The number of furan rings is 1. The zero-order valence-corrected chi connectivity index (χ0v) is 18.1. The molecule has 3 aliphatic rings. The van der Waals surface area contributed by atoms with E-state index in [4.69, 9.17) is 9.15 Å². The Bertz CT molecular complexity index is 1220. The van der Waals surface area contributed by atoms with E-state index in [-0.39, 0.29) is 17.7 Å². The SMILES string of the molecule is Cc1nc(NC2(C)CC2)c2c(C(=O)N3CCc4c(ncnc4NC4CCO4)C3)coc2n1. The Morgan fingerprint density at radius 2 is 2.09 bits per heavy atom. The third kappa shape index (κ3) is 3.35. The van der Waals surface area contributed by atoms with Crippen LogP contribution in [-0.4, -0.2) is 55.7 Å². The molecule has 0 bridgehead atoms. The molecule has 2 aliphatic heterocycles. The van der Waals surface area contributed by atoms with E-state index in [0.717, 1.165) is 42.9 Å². The number of amides is 1. The van der Waals surface area contributed by atoms with Gasteiger partial charge >= 0.3 is 0 Å². The van der Waals surface area contributed by atoms with Gasteiger partial charge in [0.15, 0.2) is 0 Å². The summed E-state index contributed by atoms with van der Waals surface area (Å²) in [4.78, 5) is 33.1. The van der Waals surface area contributed by atoms with Crippen LogP contribution in [0.5, 0.6) is 0 Å². The quantitative estimate of drug-likeness (QED) is 0.623. The van der Waals surface area contributed by atoms with Gasteiger partial charge in [-0.1, -0.05) is 0 Å². The molecule has 1 unspecified atom stereocenters. The Labute approximate surface area is 184 Å². The highest BCUT2D eigenvalue weighted by molar-refractivity contribution is 6.09. The second-order valence-corrected chi connectivity index (χ2v) is 9.05. The molecule has 3 aromatic heterocycles. The fourth-order valence-corrected chi connectivity index (χ4v) is 4.22. The maximum Gasteiger partial charge on any atom is 0.258 e. The number of aromatic nitrogens is 4. The lowest BCUT2D eigenvalue weighted by atomic mass is 10.0. The monoisotopic (exact) mass is 435 g/mol. The molecule has 1 aliphatic carbocycles. The van der Waals surface area contributed by atoms with Gasteiger partial charge in [-0.25, -0.2) is 15.0 Å². The molecule has 6 rings (SSSR count). The van der Waals surface area contributed by atoms with E-state index >= 15 is 0 Å². The number of nitrogens with one attached hydrogen (secondary N) is 2. The van der Waals surface area contributed by atoms with Gasteiger partial charge in [-0.15, -0.1) is 0 Å². The lowest BCUT2D eigenvalue weighted by molar-refractivity contribution is -0.0316. The maximum absolute atomic E-state index is 13.5. The standard InChI is InChI=1S/C22H25N7O3/c1-12-25-19(28-22(2)5-6-22)17-14(10-32-20(17)26-12)21(30)29-7-3-13-15(9-29)23-11-24-18(13)27-16-4-8-31-16/h10-11,16H,3-9H2,1-2H3,(H,23,24,27)(H,25,26,28). The number of carbonyl (C=O) groups is 1. The van der Waals surface area contributed by atoms with E-state index in [1.165, 1.54) is 12.6 Å². The Kier molecular flexibility index (Phi) is 4.32. The van der Waals surface area contributed by atoms with Crippen molar-refractivity contribution in [3.63, 3.8) is 0 Å². The molecular formula is C22H25N7O3. The normalized spacial score (nSPS) is 21.1. The van der Waals surface area contributed by atoms with Crippen LogP contribution in [0.25, 0.3) is 11.1 Å². The van der Waals surface area contributed by atoms with Gasteiger partial charge in [0.2, 0.25) is 5.71 Å². The van der Waals surface area contributed by atoms with Gasteiger partial charge in [0.05, 0.1) is 29.8 Å². The molecule has 32 heavy (non-hydrogen) atoms. The van der Waals surface area contributed by atoms with Crippen LogP contribution in [0.4, 0.5) is 11.6 Å². The van der Waals surface area contributed by atoms with Crippen molar-refractivity contribution in [2.75, 3.05) is 23.8 Å². The van der Waals surface area contributed by atoms with Crippen molar-refractivity contribution >= 4 is 28.6 Å². The van der Waals surface area contributed by atoms with Gasteiger partial charge in [-0.2, -0.15) is 4.98 Å². The van der Waals surface area contributed by atoms with E-state index in [2.05, 4.69) is 37.5 Å². The molecule has 10 nitrogen and oxygen atoms in total. The van der Waals surface area contributed by atoms with Crippen LogP contribution in [0.1, 0.15) is 53.6 Å². The summed E-state index contributed by atoms with van der Waals surface area (Å²) in [5, 5.41) is 7.46. The zero-order valence-electron chi connectivity index (χ0n) is 18.1. The van der Waals surface area contributed by atoms with Crippen LogP contribution >= 0.6 is 0 Å². The molecule has 1 amide bonds. The Hall–Kier alpha value is -3.27. The van der Waals surface area contributed by atoms with Crippen LogP contribution < -0.4 is 10.6 Å². The van der Waals surface area contributed by atoms with Crippen molar-refractivity contribution < 1.29 is 13.9 Å². The number of aryl methyl sites for hydroxylation is 1. The summed E-state index contributed by atoms with van der Waals surface area (Å²) in [6.45, 7) is 5.73. The predicted molar refractivity (Wildman–Crippen MR) is 116 cm³/mol. The van der Waals surface area contributed by atoms with E-state index in [0.29, 0.717) is 47.8 Å². The fourth-order valence-electron chi connectivity index (χ4n) is 4.22. The lowest BCUT2D eigenvalue weighted by Gasteiger charge is -2.32. The molecular weight excluding hydrogens is 410 g/mol. The van der Waals surface area contributed by atoms with E-state index in [1.807, 2.05) is 6.92 Å². The second-order valence-electron chi connectivity index (χ2n) is 9.05. The van der Waals surface area contributed by atoms with Gasteiger partial charge in [-0.05, 0) is 33.1 Å². The minimum atomic E-state index is -0.110. The van der Waals surface area contributed by atoms with Crippen LogP contribution in [0, 0.1) is 6.92 Å². The number of carbonyl (C=O) groups excluding carboxylic acids is 1. The van der Waals surface area contributed by atoms with Gasteiger partial charge in [0, 0.05) is 24.1 Å². The molecule has 2 N–H and O–H groups in total. The molecule has 0 spiro atoms. The number of rotatable bonds is 5. The highest BCUT2D eigenvalue weighted by Crippen LogP contribution is 2.40. The van der Waals surface area contributed by atoms with Crippen LogP contribution in [-0.2, 0) is 17.7 Å². The number of hydrogen-bond donors (Lipinski definition) is 2. The zero-order chi connectivity index (χ0) is 21.9. The molecule has 1 atom stereocenters. The van der Waals surface area contributed by atoms with Crippen LogP contribution in [0.2, 0.25) is 0 Å². The van der Waals surface area contributed by atoms with Crippen molar-refractivity contribution in [3.8, 4) is 0 Å².